The number of nitrogens with one attached hydrogen (secondary N) is 1. The zero-order valence-corrected chi connectivity index (χ0v) is 10.9. The van der Waals surface area contributed by atoms with Crippen molar-refractivity contribution in [2.24, 2.45) is 0 Å². The minimum Gasteiger partial charge on any atom is -0.496 e. The smallest absolute Gasteiger partial charge is 0.131 e. The zero-order chi connectivity index (χ0) is 13.0. The van der Waals surface area contributed by atoms with Gasteiger partial charge in [-0.15, -0.1) is 0 Å². The highest BCUT2D eigenvalue weighted by Crippen LogP contribution is 2.28. The van der Waals surface area contributed by atoms with E-state index in [1.165, 1.54) is 6.07 Å². The first kappa shape index (κ1) is 13.1. The SMILES string of the molecule is COc1cccc(F)c1C(C)NC1CC=CCC1. The molecule has 1 aromatic carbocycles. The second-order valence-electron chi connectivity index (χ2n) is 4.73. The van der Waals surface area contributed by atoms with Gasteiger partial charge in [0, 0.05) is 17.6 Å². The lowest BCUT2D eigenvalue weighted by molar-refractivity contribution is 0.376. The Morgan fingerprint density at radius 2 is 2.22 bits per heavy atom. The largest absolute Gasteiger partial charge is 0.496 e. The molecular weight excluding hydrogens is 229 g/mol. The number of methoxy groups -OCH3 is 1. The van der Waals surface area contributed by atoms with Crippen molar-refractivity contribution in [2.75, 3.05) is 7.11 Å². The van der Waals surface area contributed by atoms with Gasteiger partial charge in [0.05, 0.1) is 7.11 Å². The second-order valence-corrected chi connectivity index (χ2v) is 4.73. The molecular formula is C15H20FNO. The predicted molar refractivity (Wildman–Crippen MR) is 71.3 cm³/mol. The molecule has 2 nitrogen and oxygen atoms in total. The molecule has 0 spiro atoms. The fraction of sp³-hybridized carbons (Fsp3) is 0.467. The summed E-state index contributed by atoms with van der Waals surface area (Å²) in [6, 6.07) is 5.34. The highest BCUT2D eigenvalue weighted by Gasteiger charge is 2.19. The van der Waals surface area contributed by atoms with Crippen LogP contribution in [-0.4, -0.2) is 13.2 Å². The van der Waals surface area contributed by atoms with Crippen LogP contribution in [0, 0.1) is 5.82 Å². The molecule has 2 unspecified atom stereocenters. The van der Waals surface area contributed by atoms with Gasteiger partial charge in [0.25, 0.3) is 0 Å². The van der Waals surface area contributed by atoms with Crippen LogP contribution in [0.25, 0.3) is 0 Å². The Labute approximate surface area is 108 Å². The molecule has 0 fully saturated rings. The number of allylic oxidation sites excluding steroid dienone is 1. The van der Waals surface area contributed by atoms with Crippen LogP contribution in [0.5, 0.6) is 5.75 Å². The molecule has 0 bridgehead atoms. The Hall–Kier alpha value is -1.35. The number of halogens is 1. The summed E-state index contributed by atoms with van der Waals surface area (Å²) in [5.74, 6) is 0.405. The predicted octanol–water partition coefficient (Wildman–Crippen LogP) is 3.59. The molecule has 0 heterocycles. The van der Waals surface area contributed by atoms with Crippen LogP contribution < -0.4 is 10.1 Å². The first-order chi connectivity index (χ1) is 8.72. The van der Waals surface area contributed by atoms with Gasteiger partial charge in [-0.25, -0.2) is 4.39 Å². The molecule has 1 N–H and O–H groups in total. The van der Waals surface area contributed by atoms with Gasteiger partial charge in [-0.1, -0.05) is 18.2 Å². The number of benzene rings is 1. The topological polar surface area (TPSA) is 21.3 Å². The van der Waals surface area contributed by atoms with Crippen molar-refractivity contribution in [1.29, 1.82) is 0 Å². The number of hydrogen-bond donors (Lipinski definition) is 1. The van der Waals surface area contributed by atoms with Crippen molar-refractivity contribution in [3.63, 3.8) is 0 Å². The Balaban J connectivity index is 2.12. The molecule has 0 saturated heterocycles. The van der Waals surface area contributed by atoms with Gasteiger partial charge in [0.1, 0.15) is 11.6 Å². The van der Waals surface area contributed by atoms with Crippen molar-refractivity contribution in [2.45, 2.75) is 38.3 Å². The van der Waals surface area contributed by atoms with E-state index in [4.69, 9.17) is 4.74 Å². The molecule has 0 aromatic heterocycles. The summed E-state index contributed by atoms with van der Waals surface area (Å²) in [5, 5.41) is 3.48. The maximum absolute atomic E-state index is 13.9. The van der Waals surface area contributed by atoms with Crippen LogP contribution in [0.3, 0.4) is 0 Å². The lowest BCUT2D eigenvalue weighted by Crippen LogP contribution is -2.32. The minimum atomic E-state index is -0.208. The first-order valence-electron chi connectivity index (χ1n) is 6.46. The molecule has 0 saturated carbocycles. The Morgan fingerprint density at radius 3 is 2.89 bits per heavy atom. The maximum atomic E-state index is 13.9. The van der Waals surface area contributed by atoms with E-state index in [-0.39, 0.29) is 11.9 Å². The lowest BCUT2D eigenvalue weighted by atomic mass is 9.99. The quantitative estimate of drug-likeness (QED) is 0.823. The molecule has 2 rings (SSSR count). The summed E-state index contributed by atoms with van der Waals surface area (Å²) in [6.45, 7) is 1.99. The normalized spacial score (nSPS) is 20.7. The standard InChI is InChI=1S/C15H20FNO/c1-11(17-12-7-4-3-5-8-12)15-13(16)9-6-10-14(15)18-2/h3-4,6,9-12,17H,5,7-8H2,1-2H3. The molecule has 1 aliphatic rings. The van der Waals surface area contributed by atoms with E-state index in [0.717, 1.165) is 19.3 Å². The van der Waals surface area contributed by atoms with E-state index < -0.39 is 0 Å². The number of rotatable bonds is 4. The van der Waals surface area contributed by atoms with Gasteiger partial charge in [0.2, 0.25) is 0 Å². The van der Waals surface area contributed by atoms with Crippen LogP contribution in [0.2, 0.25) is 0 Å². The Morgan fingerprint density at radius 1 is 1.39 bits per heavy atom. The molecule has 2 atom stereocenters. The average molecular weight is 249 g/mol. The summed E-state index contributed by atoms with van der Waals surface area (Å²) in [7, 11) is 1.58. The highest BCUT2D eigenvalue weighted by atomic mass is 19.1. The van der Waals surface area contributed by atoms with Gasteiger partial charge in [-0.2, -0.15) is 0 Å². The minimum absolute atomic E-state index is 0.0438. The van der Waals surface area contributed by atoms with E-state index in [9.17, 15) is 4.39 Å². The van der Waals surface area contributed by atoms with Gasteiger partial charge < -0.3 is 10.1 Å². The monoisotopic (exact) mass is 249 g/mol. The van der Waals surface area contributed by atoms with Gasteiger partial charge >= 0.3 is 0 Å². The van der Waals surface area contributed by atoms with E-state index in [1.807, 2.05) is 6.92 Å². The van der Waals surface area contributed by atoms with Crippen LogP contribution in [0.15, 0.2) is 30.4 Å². The van der Waals surface area contributed by atoms with Crippen molar-refractivity contribution >= 4 is 0 Å². The average Bonchev–Trinajstić information content (AvgIpc) is 2.39. The van der Waals surface area contributed by atoms with Crippen LogP contribution in [0.1, 0.15) is 37.8 Å². The molecule has 1 aliphatic carbocycles. The van der Waals surface area contributed by atoms with E-state index in [2.05, 4.69) is 17.5 Å². The fourth-order valence-corrected chi connectivity index (χ4v) is 2.50. The van der Waals surface area contributed by atoms with Crippen LogP contribution >= 0.6 is 0 Å². The molecule has 1 aromatic rings. The third kappa shape index (κ3) is 2.91. The Bertz CT molecular complexity index is 431. The molecule has 0 amide bonds. The fourth-order valence-electron chi connectivity index (χ4n) is 2.50. The second kappa shape index (κ2) is 6.01. The van der Waals surface area contributed by atoms with Crippen molar-refractivity contribution in [3.8, 4) is 5.75 Å². The molecule has 18 heavy (non-hydrogen) atoms. The third-order valence-electron chi connectivity index (χ3n) is 3.42. The summed E-state index contributed by atoms with van der Waals surface area (Å²) in [5.41, 5.74) is 0.620. The zero-order valence-electron chi connectivity index (χ0n) is 10.9. The van der Waals surface area contributed by atoms with Crippen molar-refractivity contribution < 1.29 is 9.13 Å². The Kier molecular flexibility index (Phi) is 4.37. The summed E-state index contributed by atoms with van der Waals surface area (Å²) < 4.78 is 19.2. The van der Waals surface area contributed by atoms with Crippen molar-refractivity contribution in [1.82, 2.24) is 5.32 Å². The maximum Gasteiger partial charge on any atom is 0.131 e. The molecule has 3 heteroatoms. The van der Waals surface area contributed by atoms with Crippen LogP contribution in [0.4, 0.5) is 4.39 Å². The van der Waals surface area contributed by atoms with Gasteiger partial charge in [-0.05, 0) is 38.3 Å². The third-order valence-corrected chi connectivity index (χ3v) is 3.42. The summed E-state index contributed by atoms with van der Waals surface area (Å²) in [4.78, 5) is 0. The van der Waals surface area contributed by atoms with E-state index in [0.29, 0.717) is 17.4 Å². The van der Waals surface area contributed by atoms with E-state index >= 15 is 0 Å². The van der Waals surface area contributed by atoms with Gasteiger partial charge in [0.15, 0.2) is 0 Å². The summed E-state index contributed by atoms with van der Waals surface area (Å²) >= 11 is 0. The lowest BCUT2D eigenvalue weighted by Gasteiger charge is -2.25. The summed E-state index contributed by atoms with van der Waals surface area (Å²) in [6.07, 6.45) is 7.61. The molecule has 98 valence electrons. The first-order valence-corrected chi connectivity index (χ1v) is 6.46. The van der Waals surface area contributed by atoms with Crippen LogP contribution in [-0.2, 0) is 0 Å². The van der Waals surface area contributed by atoms with E-state index in [1.54, 1.807) is 19.2 Å². The van der Waals surface area contributed by atoms with Gasteiger partial charge in [-0.3, -0.25) is 0 Å². The molecule has 0 radical (unpaired) electrons. The highest BCUT2D eigenvalue weighted by molar-refractivity contribution is 5.37. The number of ether oxygens (including phenoxy) is 1. The van der Waals surface area contributed by atoms with Crippen molar-refractivity contribution in [3.05, 3.63) is 41.7 Å². The molecule has 0 aliphatic heterocycles. The number of hydrogen-bond acceptors (Lipinski definition) is 2.